The quantitative estimate of drug-likeness (QED) is 0.672. The van der Waals surface area contributed by atoms with Gasteiger partial charge in [-0.15, -0.1) is 0 Å². The van der Waals surface area contributed by atoms with Gasteiger partial charge in [0.1, 0.15) is 18.1 Å². The second-order valence-corrected chi connectivity index (χ2v) is 8.99. The molecule has 0 unspecified atom stereocenters. The minimum Gasteiger partial charge on any atom is -0.492 e. The molecule has 3 rings (SSSR count). The van der Waals surface area contributed by atoms with Gasteiger partial charge in [-0.25, -0.2) is 8.42 Å². The van der Waals surface area contributed by atoms with Crippen molar-refractivity contribution in [3.05, 3.63) is 53.1 Å². The third-order valence-electron chi connectivity index (χ3n) is 4.48. The van der Waals surface area contributed by atoms with E-state index in [1.807, 2.05) is 24.3 Å². The molecule has 1 aliphatic rings. The Kier molecular flexibility index (Phi) is 6.54. The Morgan fingerprint density at radius 2 is 2.00 bits per heavy atom. The largest absolute Gasteiger partial charge is 0.492 e. The number of sulfonamides is 1. The lowest BCUT2D eigenvalue weighted by Crippen LogP contribution is -2.51. The van der Waals surface area contributed by atoms with Gasteiger partial charge in [-0.3, -0.25) is 9.10 Å². The zero-order chi connectivity index (χ0) is 21.0. The molecule has 0 spiro atoms. The van der Waals surface area contributed by atoms with Gasteiger partial charge in [0.15, 0.2) is 6.10 Å². The lowest BCUT2D eigenvalue weighted by molar-refractivity contribution is -0.127. The summed E-state index contributed by atoms with van der Waals surface area (Å²) in [6, 6.07) is 12.4. The average Bonchev–Trinajstić information content (AvgIpc) is 2.70. The highest BCUT2D eigenvalue weighted by atomic mass is 35.5. The second kappa shape index (κ2) is 8.92. The molecule has 0 radical (unpaired) electrons. The van der Waals surface area contributed by atoms with E-state index in [4.69, 9.17) is 21.1 Å². The third-order valence-corrected chi connectivity index (χ3v) is 5.87. The van der Waals surface area contributed by atoms with Crippen LogP contribution in [0.1, 0.15) is 12.5 Å². The number of benzene rings is 2. The van der Waals surface area contributed by atoms with E-state index in [-0.39, 0.29) is 19.7 Å². The van der Waals surface area contributed by atoms with Crippen LogP contribution in [0.4, 0.5) is 5.69 Å². The van der Waals surface area contributed by atoms with E-state index in [9.17, 15) is 13.2 Å². The summed E-state index contributed by atoms with van der Waals surface area (Å²) in [5.41, 5.74) is 1.54. The summed E-state index contributed by atoms with van der Waals surface area (Å²) in [7, 11) is -3.60. The molecular formula is C20H23ClN2O5S. The van der Waals surface area contributed by atoms with Gasteiger partial charge >= 0.3 is 0 Å². The maximum atomic E-state index is 12.5. The molecule has 1 N–H and O–H groups in total. The van der Waals surface area contributed by atoms with Crippen LogP contribution in [0.5, 0.6) is 11.5 Å². The zero-order valence-corrected chi connectivity index (χ0v) is 17.8. The topological polar surface area (TPSA) is 84.9 Å². The molecule has 0 saturated heterocycles. The average molecular weight is 439 g/mol. The van der Waals surface area contributed by atoms with Gasteiger partial charge < -0.3 is 14.8 Å². The first kappa shape index (κ1) is 21.3. The first-order valence-corrected chi connectivity index (χ1v) is 11.4. The van der Waals surface area contributed by atoms with Crippen molar-refractivity contribution in [1.29, 1.82) is 0 Å². The summed E-state index contributed by atoms with van der Waals surface area (Å²) >= 11 is 5.97. The van der Waals surface area contributed by atoms with Gasteiger partial charge in [0.2, 0.25) is 10.0 Å². The minimum absolute atomic E-state index is 0.128. The molecule has 0 aromatic heterocycles. The summed E-state index contributed by atoms with van der Waals surface area (Å²) in [5, 5.41) is 3.11. The van der Waals surface area contributed by atoms with Crippen LogP contribution in [0.3, 0.4) is 0 Å². The number of anilines is 1. The molecule has 9 heteroatoms. The number of nitrogens with one attached hydrogen (secondary N) is 1. The molecule has 2 aromatic carbocycles. The number of ether oxygens (including phenoxy) is 2. The second-order valence-electron chi connectivity index (χ2n) is 6.65. The van der Waals surface area contributed by atoms with Crippen LogP contribution >= 0.6 is 11.6 Å². The maximum absolute atomic E-state index is 12.5. The summed E-state index contributed by atoms with van der Waals surface area (Å²) in [6.45, 7) is 2.50. The predicted octanol–water partition coefficient (Wildman–Crippen LogP) is 2.62. The number of carbonyl (C=O) groups excluding carboxylic acids is 1. The number of fused-ring (bicyclic) bond motifs is 1. The Morgan fingerprint density at radius 1 is 1.28 bits per heavy atom. The van der Waals surface area contributed by atoms with Crippen LogP contribution in [0, 0.1) is 0 Å². The standard InChI is InChI=1S/C20H23ClN2O5S/c1-3-14-4-7-16(8-5-14)27-11-10-22-20(24)19-13-23(29(2,25)26)17-12-15(21)6-9-18(17)28-19/h4-9,12,19H,3,10-11,13H2,1-2H3,(H,22,24)/t19-/m1/s1. The summed E-state index contributed by atoms with van der Waals surface area (Å²) in [5.74, 6) is 0.599. The zero-order valence-electron chi connectivity index (χ0n) is 16.2. The van der Waals surface area contributed by atoms with Crippen molar-refractivity contribution < 1.29 is 22.7 Å². The Bertz CT molecular complexity index is 979. The highest BCUT2D eigenvalue weighted by Gasteiger charge is 2.35. The van der Waals surface area contributed by atoms with Crippen molar-refractivity contribution >= 4 is 33.2 Å². The van der Waals surface area contributed by atoms with Gasteiger partial charge in [-0.2, -0.15) is 0 Å². The molecule has 1 amide bonds. The van der Waals surface area contributed by atoms with Crippen LogP contribution in [0.25, 0.3) is 0 Å². The van der Waals surface area contributed by atoms with Gasteiger partial charge in [0, 0.05) is 5.02 Å². The van der Waals surface area contributed by atoms with E-state index in [0.717, 1.165) is 22.7 Å². The minimum atomic E-state index is -3.60. The number of nitrogens with zero attached hydrogens (tertiary/aromatic N) is 1. The molecule has 0 aliphatic carbocycles. The first-order valence-electron chi connectivity index (χ1n) is 9.21. The number of hydrogen-bond donors (Lipinski definition) is 1. The van der Waals surface area contributed by atoms with Crippen LogP contribution in [0.2, 0.25) is 5.02 Å². The maximum Gasteiger partial charge on any atom is 0.263 e. The van der Waals surface area contributed by atoms with E-state index in [1.54, 1.807) is 12.1 Å². The molecule has 29 heavy (non-hydrogen) atoms. The van der Waals surface area contributed by atoms with Crippen molar-refractivity contribution in [2.75, 3.05) is 30.3 Å². The van der Waals surface area contributed by atoms with Crippen LogP contribution in [0.15, 0.2) is 42.5 Å². The lowest BCUT2D eigenvalue weighted by Gasteiger charge is -2.34. The summed E-state index contributed by atoms with van der Waals surface area (Å²) in [6.07, 6.45) is 1.06. The number of rotatable bonds is 7. The summed E-state index contributed by atoms with van der Waals surface area (Å²) in [4.78, 5) is 12.5. The molecule has 7 nitrogen and oxygen atoms in total. The molecule has 0 fully saturated rings. The third kappa shape index (κ3) is 5.33. The predicted molar refractivity (Wildman–Crippen MR) is 112 cm³/mol. The Labute approximate surface area is 175 Å². The van der Waals surface area contributed by atoms with E-state index in [2.05, 4.69) is 12.2 Å². The van der Waals surface area contributed by atoms with Crippen molar-refractivity contribution in [2.24, 2.45) is 0 Å². The molecule has 156 valence electrons. The highest BCUT2D eigenvalue weighted by molar-refractivity contribution is 7.92. The van der Waals surface area contributed by atoms with E-state index in [1.165, 1.54) is 11.6 Å². The van der Waals surface area contributed by atoms with Crippen molar-refractivity contribution in [3.63, 3.8) is 0 Å². The van der Waals surface area contributed by atoms with Crippen molar-refractivity contribution in [2.45, 2.75) is 19.4 Å². The fourth-order valence-corrected chi connectivity index (χ4v) is 4.03. The molecule has 2 aromatic rings. The van der Waals surface area contributed by atoms with Crippen molar-refractivity contribution in [1.82, 2.24) is 5.32 Å². The SMILES string of the molecule is CCc1ccc(OCCNC(=O)[C@H]2CN(S(C)(=O)=O)c3cc(Cl)ccc3O2)cc1. The molecule has 1 heterocycles. The fourth-order valence-electron chi connectivity index (χ4n) is 2.95. The normalized spacial score (nSPS) is 16.0. The van der Waals surface area contributed by atoms with Crippen LogP contribution in [-0.4, -0.2) is 46.4 Å². The number of aryl methyl sites for hydroxylation is 1. The first-order chi connectivity index (χ1) is 13.8. The number of amides is 1. The van der Waals surface area contributed by atoms with E-state index >= 15 is 0 Å². The number of hydrogen-bond acceptors (Lipinski definition) is 5. The molecular weight excluding hydrogens is 416 g/mol. The number of halogens is 1. The lowest BCUT2D eigenvalue weighted by atomic mass is 10.2. The fraction of sp³-hybridized carbons (Fsp3) is 0.350. The molecule has 0 bridgehead atoms. The molecule has 1 atom stereocenters. The van der Waals surface area contributed by atoms with E-state index in [0.29, 0.717) is 16.5 Å². The van der Waals surface area contributed by atoms with Gasteiger partial charge in [-0.1, -0.05) is 30.7 Å². The Morgan fingerprint density at radius 3 is 2.66 bits per heavy atom. The van der Waals surface area contributed by atoms with Gasteiger partial charge in [0.25, 0.3) is 5.91 Å². The van der Waals surface area contributed by atoms with Gasteiger partial charge in [0.05, 0.1) is 25.0 Å². The molecule has 0 saturated carbocycles. The number of carbonyl (C=O) groups is 1. The Hall–Kier alpha value is -2.45. The summed E-state index contributed by atoms with van der Waals surface area (Å²) < 4.78 is 36.8. The van der Waals surface area contributed by atoms with Crippen molar-refractivity contribution in [3.8, 4) is 11.5 Å². The van der Waals surface area contributed by atoms with Crippen LogP contribution < -0.4 is 19.1 Å². The molecule has 1 aliphatic heterocycles. The Balaban J connectivity index is 1.58. The highest BCUT2D eigenvalue weighted by Crippen LogP contribution is 2.37. The monoisotopic (exact) mass is 438 g/mol. The van der Waals surface area contributed by atoms with E-state index < -0.39 is 22.0 Å². The van der Waals surface area contributed by atoms with Gasteiger partial charge in [-0.05, 0) is 42.3 Å². The van der Waals surface area contributed by atoms with Crippen LogP contribution in [-0.2, 0) is 21.2 Å². The smallest absolute Gasteiger partial charge is 0.263 e.